The first-order valence-electron chi connectivity index (χ1n) is 6.38. The van der Waals surface area contributed by atoms with E-state index in [2.05, 4.69) is 4.72 Å². The standard InChI is InChI=1S/C13H20Cl2N2O2S.ClH/c1-9(2)6-10(7-16)17-20(18,19)8-11-12(14)4-3-5-13(11)15;/h3-5,9-10,17H,6-8,16H2,1-2H3;1H. The van der Waals surface area contributed by atoms with Gasteiger partial charge in [0.1, 0.15) is 0 Å². The number of hydrogen-bond acceptors (Lipinski definition) is 3. The fourth-order valence-corrected chi connectivity index (χ4v) is 4.08. The summed E-state index contributed by atoms with van der Waals surface area (Å²) in [6, 6.07) is 4.64. The number of rotatable bonds is 7. The number of sulfonamides is 1. The van der Waals surface area contributed by atoms with Crippen molar-refractivity contribution in [2.24, 2.45) is 11.7 Å². The Morgan fingerprint density at radius 1 is 1.24 bits per heavy atom. The van der Waals surface area contributed by atoms with E-state index in [0.29, 0.717) is 27.9 Å². The van der Waals surface area contributed by atoms with E-state index >= 15 is 0 Å². The molecule has 0 saturated carbocycles. The minimum Gasteiger partial charge on any atom is -0.329 e. The van der Waals surface area contributed by atoms with Gasteiger partial charge in [0.05, 0.1) is 5.75 Å². The molecule has 1 rings (SSSR count). The molecule has 0 aliphatic carbocycles. The zero-order valence-corrected chi connectivity index (χ0v) is 15.1. The van der Waals surface area contributed by atoms with Gasteiger partial charge in [0, 0.05) is 28.2 Å². The van der Waals surface area contributed by atoms with Crippen LogP contribution in [0, 0.1) is 5.92 Å². The summed E-state index contributed by atoms with van der Waals surface area (Å²) >= 11 is 12.0. The van der Waals surface area contributed by atoms with Crippen molar-refractivity contribution in [2.75, 3.05) is 6.54 Å². The van der Waals surface area contributed by atoms with Gasteiger partial charge in [-0.2, -0.15) is 0 Å². The molecule has 0 amide bonds. The molecule has 0 bridgehead atoms. The summed E-state index contributed by atoms with van der Waals surface area (Å²) in [6.07, 6.45) is 0.686. The number of hydrogen-bond donors (Lipinski definition) is 2. The highest BCUT2D eigenvalue weighted by Crippen LogP contribution is 2.26. The number of nitrogens with one attached hydrogen (secondary N) is 1. The number of benzene rings is 1. The molecular formula is C13H21Cl3N2O2S. The third-order valence-electron chi connectivity index (χ3n) is 2.78. The third kappa shape index (κ3) is 7.17. The zero-order chi connectivity index (χ0) is 15.3. The van der Waals surface area contributed by atoms with Crippen molar-refractivity contribution in [3.63, 3.8) is 0 Å². The van der Waals surface area contributed by atoms with Gasteiger partial charge in [-0.15, -0.1) is 12.4 Å². The Bertz CT molecular complexity index is 530. The van der Waals surface area contributed by atoms with Crippen LogP contribution in [0.2, 0.25) is 10.0 Å². The van der Waals surface area contributed by atoms with E-state index in [9.17, 15) is 8.42 Å². The summed E-state index contributed by atoms with van der Waals surface area (Å²) in [7, 11) is -3.54. The highest BCUT2D eigenvalue weighted by molar-refractivity contribution is 7.88. The molecule has 0 aromatic heterocycles. The monoisotopic (exact) mass is 374 g/mol. The Balaban J connectivity index is 0.00000400. The van der Waals surface area contributed by atoms with Crippen molar-refractivity contribution in [3.8, 4) is 0 Å². The minimum absolute atomic E-state index is 0. The predicted octanol–water partition coefficient (Wildman–Crippen LogP) is 3.21. The molecule has 1 aromatic rings. The first kappa shape index (κ1) is 21.0. The van der Waals surface area contributed by atoms with Crippen LogP contribution in [0.5, 0.6) is 0 Å². The Hall–Kier alpha value is -0.0400. The summed E-state index contributed by atoms with van der Waals surface area (Å²) in [4.78, 5) is 0. The molecule has 21 heavy (non-hydrogen) atoms. The van der Waals surface area contributed by atoms with E-state index in [1.807, 2.05) is 13.8 Å². The molecule has 1 aromatic carbocycles. The molecule has 3 N–H and O–H groups in total. The Morgan fingerprint density at radius 2 is 1.76 bits per heavy atom. The van der Waals surface area contributed by atoms with Gasteiger partial charge in [0.15, 0.2) is 0 Å². The average Bonchev–Trinajstić information content (AvgIpc) is 2.32. The number of nitrogens with two attached hydrogens (primary N) is 1. The Labute approximate surface area is 142 Å². The summed E-state index contributed by atoms with van der Waals surface area (Å²) in [5.74, 6) is 0.107. The van der Waals surface area contributed by atoms with E-state index in [0.717, 1.165) is 0 Å². The van der Waals surface area contributed by atoms with E-state index < -0.39 is 10.0 Å². The lowest BCUT2D eigenvalue weighted by Gasteiger charge is -2.19. The zero-order valence-electron chi connectivity index (χ0n) is 12.0. The van der Waals surface area contributed by atoms with Gasteiger partial charge in [0.25, 0.3) is 0 Å². The van der Waals surface area contributed by atoms with Gasteiger partial charge in [-0.1, -0.05) is 43.1 Å². The van der Waals surface area contributed by atoms with Gasteiger partial charge in [-0.3, -0.25) is 0 Å². The minimum atomic E-state index is -3.54. The summed E-state index contributed by atoms with van der Waals surface area (Å²) in [5.41, 5.74) is 6.01. The summed E-state index contributed by atoms with van der Waals surface area (Å²) in [6.45, 7) is 4.29. The van der Waals surface area contributed by atoms with Crippen molar-refractivity contribution in [1.82, 2.24) is 4.72 Å². The number of halogens is 3. The van der Waals surface area contributed by atoms with Crippen LogP contribution in [0.4, 0.5) is 0 Å². The molecule has 0 fully saturated rings. The Kier molecular flexibility index (Phi) is 9.16. The van der Waals surface area contributed by atoms with Gasteiger partial charge in [-0.25, -0.2) is 13.1 Å². The van der Waals surface area contributed by atoms with Crippen molar-refractivity contribution >= 4 is 45.6 Å². The molecule has 0 heterocycles. The maximum absolute atomic E-state index is 12.2. The van der Waals surface area contributed by atoms with Crippen LogP contribution in [0.1, 0.15) is 25.8 Å². The van der Waals surface area contributed by atoms with Crippen LogP contribution in [0.3, 0.4) is 0 Å². The normalized spacial score (nSPS) is 13.0. The maximum atomic E-state index is 12.2. The summed E-state index contributed by atoms with van der Waals surface area (Å²) < 4.78 is 26.9. The fourth-order valence-electron chi connectivity index (χ4n) is 1.92. The molecule has 0 aliphatic heterocycles. The van der Waals surface area contributed by atoms with Crippen molar-refractivity contribution in [1.29, 1.82) is 0 Å². The van der Waals surface area contributed by atoms with Crippen molar-refractivity contribution in [2.45, 2.75) is 32.1 Å². The molecule has 1 unspecified atom stereocenters. The van der Waals surface area contributed by atoms with Gasteiger partial charge in [-0.05, 0) is 24.5 Å². The molecule has 0 spiro atoms. The van der Waals surface area contributed by atoms with Crippen LogP contribution >= 0.6 is 35.6 Å². The van der Waals surface area contributed by atoms with Crippen LogP contribution in [-0.4, -0.2) is 21.0 Å². The second kappa shape index (κ2) is 9.18. The topological polar surface area (TPSA) is 72.2 Å². The van der Waals surface area contributed by atoms with Gasteiger partial charge < -0.3 is 5.73 Å². The molecule has 4 nitrogen and oxygen atoms in total. The van der Waals surface area contributed by atoms with Crippen LogP contribution < -0.4 is 10.5 Å². The molecule has 8 heteroatoms. The van der Waals surface area contributed by atoms with E-state index in [1.54, 1.807) is 18.2 Å². The lowest BCUT2D eigenvalue weighted by molar-refractivity contribution is 0.465. The molecule has 122 valence electrons. The van der Waals surface area contributed by atoms with E-state index in [1.165, 1.54) is 0 Å². The lowest BCUT2D eigenvalue weighted by Crippen LogP contribution is -2.41. The van der Waals surface area contributed by atoms with Crippen LogP contribution in [-0.2, 0) is 15.8 Å². The maximum Gasteiger partial charge on any atom is 0.216 e. The SMILES string of the molecule is CC(C)CC(CN)NS(=O)(=O)Cc1c(Cl)cccc1Cl.Cl. The van der Waals surface area contributed by atoms with Crippen molar-refractivity contribution in [3.05, 3.63) is 33.8 Å². The second-order valence-corrected chi connectivity index (χ2v) is 7.71. The van der Waals surface area contributed by atoms with E-state index in [-0.39, 0.29) is 30.7 Å². The molecule has 0 radical (unpaired) electrons. The van der Waals surface area contributed by atoms with Crippen molar-refractivity contribution < 1.29 is 8.42 Å². The molecule has 0 saturated heterocycles. The first-order valence-corrected chi connectivity index (χ1v) is 8.79. The summed E-state index contributed by atoms with van der Waals surface area (Å²) in [5, 5.41) is 0.687. The predicted molar refractivity (Wildman–Crippen MR) is 91.8 cm³/mol. The molecular weight excluding hydrogens is 355 g/mol. The van der Waals surface area contributed by atoms with E-state index in [4.69, 9.17) is 28.9 Å². The quantitative estimate of drug-likeness (QED) is 0.768. The Morgan fingerprint density at radius 3 is 2.19 bits per heavy atom. The third-order valence-corrected chi connectivity index (χ3v) is 4.85. The largest absolute Gasteiger partial charge is 0.329 e. The molecule has 1 atom stereocenters. The average molecular weight is 376 g/mol. The fraction of sp³-hybridized carbons (Fsp3) is 0.538. The first-order chi connectivity index (χ1) is 9.25. The highest BCUT2D eigenvalue weighted by atomic mass is 35.5. The molecule has 0 aliphatic rings. The van der Waals surface area contributed by atoms with Gasteiger partial charge >= 0.3 is 0 Å². The van der Waals surface area contributed by atoms with Crippen LogP contribution in [0.25, 0.3) is 0 Å². The second-order valence-electron chi connectivity index (χ2n) is 5.14. The van der Waals surface area contributed by atoms with Gasteiger partial charge in [0.2, 0.25) is 10.0 Å². The smallest absolute Gasteiger partial charge is 0.216 e. The lowest BCUT2D eigenvalue weighted by atomic mass is 10.1. The van der Waals surface area contributed by atoms with Crippen LogP contribution in [0.15, 0.2) is 18.2 Å². The highest BCUT2D eigenvalue weighted by Gasteiger charge is 2.20.